The van der Waals surface area contributed by atoms with Gasteiger partial charge in [-0.2, -0.15) is 13.2 Å². The molecule has 1 fully saturated rings. The molecular weight excluding hydrogens is 319 g/mol. The van der Waals surface area contributed by atoms with Crippen molar-refractivity contribution in [3.05, 3.63) is 35.3 Å². The van der Waals surface area contributed by atoms with Crippen molar-refractivity contribution in [2.45, 2.75) is 58.2 Å². The summed E-state index contributed by atoms with van der Waals surface area (Å²) in [6.45, 7) is 4.05. The van der Waals surface area contributed by atoms with Crippen LogP contribution in [0.15, 0.2) is 35.3 Å². The molecule has 0 aromatic carbocycles. The summed E-state index contributed by atoms with van der Waals surface area (Å²) < 4.78 is 42.1. The van der Waals surface area contributed by atoms with Gasteiger partial charge in [-0.15, -0.1) is 9.39 Å². The predicted octanol–water partition coefficient (Wildman–Crippen LogP) is 5.71. The lowest BCUT2D eigenvalue weighted by Gasteiger charge is -2.29. The summed E-state index contributed by atoms with van der Waals surface area (Å²) in [5, 5.41) is 1.68. The van der Waals surface area contributed by atoms with Crippen LogP contribution in [0.2, 0.25) is 0 Å². The molecule has 1 saturated carbocycles. The molecule has 0 radical (unpaired) electrons. The number of hydrogen-bond acceptors (Lipinski definition) is 1. The molecule has 1 N–H and O–H groups in total. The van der Waals surface area contributed by atoms with Gasteiger partial charge in [0, 0.05) is 6.04 Å². The minimum Gasteiger partial charge on any atom is -0.269 e. The highest BCUT2D eigenvalue weighted by Gasteiger charge is 2.31. The van der Waals surface area contributed by atoms with Gasteiger partial charge in [-0.3, -0.25) is 4.72 Å². The normalized spacial score (nSPS) is 24.7. The van der Waals surface area contributed by atoms with Gasteiger partial charge in [0.1, 0.15) is 0 Å². The lowest BCUT2D eigenvalue weighted by molar-refractivity contribution is -0.0881. The average Bonchev–Trinajstić information content (AvgIpc) is 2.43. The first-order valence-electron chi connectivity index (χ1n) is 8.03. The molecule has 0 aliphatic heterocycles. The van der Waals surface area contributed by atoms with Crippen LogP contribution in [0.1, 0.15) is 46.0 Å². The molecule has 23 heavy (non-hydrogen) atoms. The van der Waals surface area contributed by atoms with Crippen LogP contribution in [0.4, 0.5) is 13.2 Å². The molecule has 0 atom stereocenters. The Morgan fingerprint density at radius 1 is 1.22 bits per heavy atom. The van der Waals surface area contributed by atoms with Gasteiger partial charge >= 0.3 is 6.18 Å². The first-order chi connectivity index (χ1) is 10.6. The minimum absolute atomic E-state index is 0.368. The Morgan fingerprint density at radius 2 is 1.83 bits per heavy atom. The summed E-state index contributed by atoms with van der Waals surface area (Å²) in [5.74, 6) is 8.85. The topological polar surface area (TPSA) is 12.0 Å². The molecule has 0 bridgehead atoms. The fraction of sp³-hybridized carbons (Fsp3) is 0.556. The van der Waals surface area contributed by atoms with Gasteiger partial charge in [0.05, 0.1) is 5.57 Å². The molecule has 1 aliphatic carbocycles. The summed E-state index contributed by atoms with van der Waals surface area (Å²) in [6, 6.07) is 0.368. The van der Waals surface area contributed by atoms with Gasteiger partial charge in [0.15, 0.2) is 0 Å². The van der Waals surface area contributed by atoms with Crippen LogP contribution in [0.3, 0.4) is 0 Å². The van der Waals surface area contributed by atoms with Crippen molar-refractivity contribution in [2.24, 2.45) is 5.92 Å². The Morgan fingerprint density at radius 3 is 2.35 bits per heavy atom. The van der Waals surface area contributed by atoms with E-state index in [0.717, 1.165) is 30.9 Å². The van der Waals surface area contributed by atoms with E-state index in [2.05, 4.69) is 23.4 Å². The Bertz CT molecular complexity index is 545. The zero-order valence-corrected chi connectivity index (χ0v) is 14.8. The molecule has 0 saturated heterocycles. The number of alkyl halides is 3. The molecule has 0 amide bonds. The van der Waals surface area contributed by atoms with Crippen molar-refractivity contribution in [3.63, 3.8) is 0 Å². The summed E-state index contributed by atoms with van der Waals surface area (Å²) in [7, 11) is -1.73. The molecule has 132 valence electrons. The summed E-state index contributed by atoms with van der Waals surface area (Å²) >= 11 is 0. The summed E-state index contributed by atoms with van der Waals surface area (Å²) in [5.41, 5.74) is -0.655. The van der Waals surface area contributed by atoms with Crippen LogP contribution in [-0.4, -0.2) is 24.0 Å². The van der Waals surface area contributed by atoms with Crippen LogP contribution in [-0.2, 0) is 0 Å². The SMILES string of the molecule is C=S(=C)(/C=C/C=C(\C=C/CC)C(F)(F)F)NC1CCC(C)CC1. The van der Waals surface area contributed by atoms with Crippen LogP contribution in [0.5, 0.6) is 0 Å². The molecule has 5 heteroatoms. The van der Waals surface area contributed by atoms with E-state index in [4.69, 9.17) is 0 Å². The standard InChI is InChI=1S/C18H28F3NS/c1-5-6-8-16(18(19,20)21)9-7-14-23(3,4)22-17-12-10-15(2)11-13-17/h6-9,14-15,17,22H,3-5,10-13H2,1-2H3/b8-6-,14-7+,16-9+. The van der Waals surface area contributed by atoms with E-state index in [9.17, 15) is 13.2 Å². The largest absolute Gasteiger partial charge is 0.416 e. The second kappa shape index (κ2) is 8.78. The molecule has 0 spiro atoms. The molecule has 0 aromatic rings. The molecule has 0 heterocycles. The van der Waals surface area contributed by atoms with Crippen LogP contribution >= 0.6 is 9.39 Å². The van der Waals surface area contributed by atoms with Crippen molar-refractivity contribution in [1.82, 2.24) is 4.72 Å². The van der Waals surface area contributed by atoms with E-state index in [0.29, 0.717) is 12.5 Å². The van der Waals surface area contributed by atoms with E-state index in [1.54, 1.807) is 12.3 Å². The van der Waals surface area contributed by atoms with Gasteiger partial charge in [0.2, 0.25) is 0 Å². The van der Waals surface area contributed by atoms with Crippen molar-refractivity contribution >= 4 is 21.1 Å². The quantitative estimate of drug-likeness (QED) is 0.479. The molecule has 1 nitrogen and oxygen atoms in total. The minimum atomic E-state index is -4.34. The maximum atomic E-state index is 12.9. The van der Waals surface area contributed by atoms with Crippen LogP contribution in [0, 0.1) is 5.92 Å². The Kier molecular flexibility index (Phi) is 7.68. The van der Waals surface area contributed by atoms with Crippen molar-refractivity contribution < 1.29 is 13.2 Å². The number of hydrogen-bond donors (Lipinski definition) is 1. The highest BCUT2D eigenvalue weighted by Crippen LogP contribution is 2.29. The average molecular weight is 347 g/mol. The van der Waals surface area contributed by atoms with E-state index >= 15 is 0 Å². The van der Waals surface area contributed by atoms with Gasteiger partial charge in [-0.25, -0.2) is 0 Å². The predicted molar refractivity (Wildman–Crippen MR) is 99.1 cm³/mol. The highest BCUT2D eigenvalue weighted by atomic mass is 32.2. The van der Waals surface area contributed by atoms with Crippen molar-refractivity contribution in [2.75, 3.05) is 0 Å². The molecule has 1 rings (SSSR count). The number of allylic oxidation sites excluding steroid dienone is 5. The molecular formula is C18H28F3NS. The number of rotatable bonds is 6. The van der Waals surface area contributed by atoms with Gasteiger partial charge in [-0.1, -0.05) is 43.8 Å². The van der Waals surface area contributed by atoms with E-state index < -0.39 is 21.1 Å². The lowest BCUT2D eigenvalue weighted by Crippen LogP contribution is -2.29. The molecule has 0 unspecified atom stereocenters. The fourth-order valence-corrected chi connectivity index (χ4v) is 3.89. The third-order valence-electron chi connectivity index (χ3n) is 3.89. The smallest absolute Gasteiger partial charge is 0.269 e. The Balaban J connectivity index is 2.72. The summed E-state index contributed by atoms with van der Waals surface area (Å²) in [4.78, 5) is 0. The third kappa shape index (κ3) is 7.93. The van der Waals surface area contributed by atoms with E-state index in [1.807, 2.05) is 0 Å². The molecule has 1 aliphatic rings. The first-order valence-corrected chi connectivity index (χ1v) is 10.1. The maximum Gasteiger partial charge on any atom is 0.416 e. The van der Waals surface area contributed by atoms with Gasteiger partial charge in [-0.05, 0) is 49.5 Å². The fourth-order valence-electron chi connectivity index (χ4n) is 2.53. The zero-order valence-electron chi connectivity index (χ0n) is 14.0. The van der Waals surface area contributed by atoms with E-state index in [1.165, 1.54) is 25.0 Å². The Labute approximate surface area is 139 Å². The summed E-state index contributed by atoms with van der Waals surface area (Å²) in [6.07, 6.45) is 5.88. The number of halogens is 3. The Hall–Kier alpha value is -0.940. The highest BCUT2D eigenvalue weighted by molar-refractivity contribution is 8.28. The van der Waals surface area contributed by atoms with Crippen molar-refractivity contribution in [3.8, 4) is 0 Å². The van der Waals surface area contributed by atoms with Crippen molar-refractivity contribution in [1.29, 1.82) is 0 Å². The second-order valence-corrected chi connectivity index (χ2v) is 8.67. The van der Waals surface area contributed by atoms with E-state index in [-0.39, 0.29) is 0 Å². The van der Waals surface area contributed by atoms with Gasteiger partial charge in [0.25, 0.3) is 0 Å². The second-order valence-electron chi connectivity index (χ2n) is 6.28. The maximum absolute atomic E-state index is 12.9. The first kappa shape index (κ1) is 20.1. The van der Waals surface area contributed by atoms with Gasteiger partial charge < -0.3 is 0 Å². The van der Waals surface area contributed by atoms with Crippen LogP contribution < -0.4 is 4.72 Å². The lowest BCUT2D eigenvalue weighted by atomic mass is 9.88. The van der Waals surface area contributed by atoms with Crippen LogP contribution in [0.25, 0.3) is 0 Å². The number of nitrogens with one attached hydrogen (secondary N) is 1. The monoisotopic (exact) mass is 347 g/mol. The zero-order chi connectivity index (χ0) is 17.5. The molecule has 0 aromatic heterocycles. The third-order valence-corrected chi connectivity index (χ3v) is 5.37.